The Morgan fingerprint density at radius 1 is 1.77 bits per heavy atom. The molecular weight excluding hydrogens is 193 g/mol. The lowest BCUT2D eigenvalue weighted by atomic mass is 9.95. The minimum Gasteiger partial charge on any atom is -0.309 e. The first-order chi connectivity index (χ1) is 6.17. The zero-order valence-electron chi connectivity index (χ0n) is 7.35. The van der Waals surface area contributed by atoms with Gasteiger partial charge in [-0.3, -0.25) is 4.68 Å². The molecule has 0 amide bonds. The second-order valence-electron chi connectivity index (χ2n) is 3.23. The van der Waals surface area contributed by atoms with E-state index in [1.54, 1.807) is 4.68 Å². The van der Waals surface area contributed by atoms with Crippen molar-refractivity contribution in [1.29, 1.82) is 0 Å². The van der Waals surface area contributed by atoms with Gasteiger partial charge in [-0.2, -0.15) is 5.10 Å². The maximum Gasteiger partial charge on any atom is 0.178 e. The molecule has 3 nitrogen and oxygen atoms in total. The molecule has 2 heterocycles. The summed E-state index contributed by atoms with van der Waals surface area (Å²) in [6, 6.07) is 0. The Kier molecular flexibility index (Phi) is 2.04. The van der Waals surface area contributed by atoms with Gasteiger partial charge in [-0.1, -0.05) is 11.6 Å². The lowest BCUT2D eigenvalue weighted by Crippen LogP contribution is -2.54. The van der Waals surface area contributed by atoms with Crippen molar-refractivity contribution in [2.75, 3.05) is 13.1 Å². The van der Waals surface area contributed by atoms with Crippen LogP contribution < -0.4 is 5.32 Å². The minimum atomic E-state index is -1.32. The molecule has 0 bridgehead atoms. The Morgan fingerprint density at radius 2 is 2.46 bits per heavy atom. The Bertz CT molecular complexity index is 319. The number of halogens is 2. The zero-order chi connectivity index (χ0) is 9.47. The normalized spacial score (nSPS) is 19.9. The van der Waals surface area contributed by atoms with Crippen LogP contribution in [0.2, 0.25) is 5.02 Å². The summed E-state index contributed by atoms with van der Waals surface area (Å²) in [5.41, 5.74) is -0.806. The third-order valence-electron chi connectivity index (χ3n) is 2.33. The Morgan fingerprint density at radius 3 is 2.92 bits per heavy atom. The number of alkyl halides is 1. The SMILES string of the molecule is CCn1ncc(Cl)c1C1(F)CNC1. The second kappa shape index (κ2) is 2.96. The molecule has 1 aliphatic heterocycles. The monoisotopic (exact) mass is 203 g/mol. The van der Waals surface area contributed by atoms with Gasteiger partial charge in [0.15, 0.2) is 5.67 Å². The third kappa shape index (κ3) is 1.25. The van der Waals surface area contributed by atoms with E-state index in [9.17, 15) is 4.39 Å². The molecule has 1 saturated heterocycles. The van der Waals surface area contributed by atoms with Crippen molar-refractivity contribution in [2.24, 2.45) is 0 Å². The molecule has 0 saturated carbocycles. The highest BCUT2D eigenvalue weighted by Gasteiger charge is 2.43. The van der Waals surface area contributed by atoms with Crippen LogP contribution >= 0.6 is 11.6 Å². The van der Waals surface area contributed by atoms with E-state index in [0.29, 0.717) is 30.4 Å². The smallest absolute Gasteiger partial charge is 0.178 e. The lowest BCUT2D eigenvalue weighted by Gasteiger charge is -2.35. The fourth-order valence-corrected chi connectivity index (χ4v) is 1.87. The number of rotatable bonds is 2. The van der Waals surface area contributed by atoms with Crippen LogP contribution in [-0.4, -0.2) is 22.9 Å². The van der Waals surface area contributed by atoms with Crippen molar-refractivity contribution >= 4 is 11.6 Å². The summed E-state index contributed by atoms with van der Waals surface area (Å²) in [6.45, 7) is 3.23. The maximum atomic E-state index is 14.0. The number of nitrogens with one attached hydrogen (secondary N) is 1. The lowest BCUT2D eigenvalue weighted by molar-refractivity contribution is 0.0784. The van der Waals surface area contributed by atoms with Crippen LogP contribution in [0, 0.1) is 0 Å². The first-order valence-corrected chi connectivity index (χ1v) is 4.66. The Hall–Kier alpha value is -0.610. The van der Waals surface area contributed by atoms with E-state index in [2.05, 4.69) is 10.4 Å². The number of hydrogen-bond acceptors (Lipinski definition) is 2. The Balaban J connectivity index is 2.42. The van der Waals surface area contributed by atoms with E-state index in [0.717, 1.165) is 0 Å². The summed E-state index contributed by atoms with van der Waals surface area (Å²) < 4.78 is 15.6. The molecule has 0 aliphatic carbocycles. The predicted molar refractivity (Wildman–Crippen MR) is 48.6 cm³/mol. The Labute approximate surface area is 80.9 Å². The molecule has 0 spiro atoms. The molecule has 0 atom stereocenters. The van der Waals surface area contributed by atoms with Gasteiger partial charge < -0.3 is 5.32 Å². The van der Waals surface area contributed by atoms with E-state index in [4.69, 9.17) is 11.6 Å². The van der Waals surface area contributed by atoms with Crippen molar-refractivity contribution in [3.05, 3.63) is 16.9 Å². The molecule has 1 N–H and O–H groups in total. The summed E-state index contributed by atoms with van der Waals surface area (Å²) in [6.07, 6.45) is 1.50. The van der Waals surface area contributed by atoms with Crippen LogP contribution in [0.4, 0.5) is 4.39 Å². The highest BCUT2D eigenvalue weighted by molar-refractivity contribution is 6.31. The molecule has 13 heavy (non-hydrogen) atoms. The summed E-state index contributed by atoms with van der Waals surface area (Å²) in [7, 11) is 0. The van der Waals surface area contributed by atoms with Crippen LogP contribution in [0.25, 0.3) is 0 Å². The van der Waals surface area contributed by atoms with Gasteiger partial charge in [0.1, 0.15) is 0 Å². The van der Waals surface area contributed by atoms with Gasteiger partial charge >= 0.3 is 0 Å². The summed E-state index contributed by atoms with van der Waals surface area (Å²) >= 11 is 5.87. The first kappa shape index (κ1) is 8.97. The maximum absolute atomic E-state index is 14.0. The van der Waals surface area contributed by atoms with Crippen LogP contribution in [-0.2, 0) is 12.2 Å². The third-order valence-corrected chi connectivity index (χ3v) is 2.61. The number of hydrogen-bond donors (Lipinski definition) is 1. The van der Waals surface area contributed by atoms with Gasteiger partial charge in [-0.15, -0.1) is 0 Å². The molecule has 1 aromatic rings. The van der Waals surface area contributed by atoms with Crippen molar-refractivity contribution in [1.82, 2.24) is 15.1 Å². The first-order valence-electron chi connectivity index (χ1n) is 4.29. The topological polar surface area (TPSA) is 29.9 Å². The van der Waals surface area contributed by atoms with Crippen molar-refractivity contribution in [3.63, 3.8) is 0 Å². The van der Waals surface area contributed by atoms with Crippen LogP contribution in [0.15, 0.2) is 6.20 Å². The molecule has 5 heteroatoms. The van der Waals surface area contributed by atoms with Crippen LogP contribution in [0.1, 0.15) is 12.6 Å². The summed E-state index contributed by atoms with van der Waals surface area (Å²) in [5, 5.41) is 7.32. The molecule has 2 rings (SSSR count). The molecule has 1 fully saturated rings. The van der Waals surface area contributed by atoms with Gasteiger partial charge in [-0.05, 0) is 6.92 Å². The molecular formula is C8H11ClFN3. The van der Waals surface area contributed by atoms with Gasteiger partial charge in [0.2, 0.25) is 0 Å². The minimum absolute atomic E-state index is 0.332. The van der Waals surface area contributed by atoms with Gasteiger partial charge in [0.05, 0.1) is 16.9 Å². The van der Waals surface area contributed by atoms with Gasteiger partial charge in [0.25, 0.3) is 0 Å². The summed E-state index contributed by atoms with van der Waals surface area (Å²) in [4.78, 5) is 0. The van der Waals surface area contributed by atoms with E-state index in [1.165, 1.54) is 6.20 Å². The zero-order valence-corrected chi connectivity index (χ0v) is 8.10. The highest BCUT2D eigenvalue weighted by atomic mass is 35.5. The molecule has 0 radical (unpaired) electrons. The van der Waals surface area contributed by atoms with Crippen LogP contribution in [0.5, 0.6) is 0 Å². The average molecular weight is 204 g/mol. The molecule has 0 unspecified atom stereocenters. The standard InChI is InChI=1S/C8H11ClFN3/c1-2-13-7(6(9)3-12-13)8(10)4-11-5-8/h3,11H,2,4-5H2,1H3. The second-order valence-corrected chi connectivity index (χ2v) is 3.63. The highest BCUT2D eigenvalue weighted by Crippen LogP contribution is 2.34. The number of aryl methyl sites for hydroxylation is 1. The predicted octanol–water partition coefficient (Wildman–Crippen LogP) is 1.32. The van der Waals surface area contributed by atoms with Crippen molar-refractivity contribution < 1.29 is 4.39 Å². The van der Waals surface area contributed by atoms with E-state index in [-0.39, 0.29) is 0 Å². The van der Waals surface area contributed by atoms with Crippen molar-refractivity contribution in [3.8, 4) is 0 Å². The number of nitrogens with zero attached hydrogens (tertiary/aromatic N) is 2. The largest absolute Gasteiger partial charge is 0.309 e. The molecule has 1 aliphatic rings. The van der Waals surface area contributed by atoms with Gasteiger partial charge in [-0.25, -0.2) is 4.39 Å². The molecule has 0 aromatic carbocycles. The van der Waals surface area contributed by atoms with Crippen molar-refractivity contribution in [2.45, 2.75) is 19.1 Å². The van der Waals surface area contributed by atoms with Crippen LogP contribution in [0.3, 0.4) is 0 Å². The molecule has 72 valence electrons. The van der Waals surface area contributed by atoms with E-state index >= 15 is 0 Å². The quantitative estimate of drug-likeness (QED) is 0.786. The fourth-order valence-electron chi connectivity index (χ4n) is 1.56. The summed E-state index contributed by atoms with van der Waals surface area (Å²) in [5.74, 6) is 0. The van der Waals surface area contributed by atoms with E-state index in [1.807, 2.05) is 6.92 Å². The fraction of sp³-hybridized carbons (Fsp3) is 0.625. The van der Waals surface area contributed by atoms with Gasteiger partial charge in [0, 0.05) is 19.6 Å². The average Bonchev–Trinajstić information content (AvgIpc) is 2.43. The van der Waals surface area contributed by atoms with E-state index < -0.39 is 5.67 Å². The number of aromatic nitrogens is 2. The molecule has 1 aromatic heterocycles.